The Bertz CT molecular complexity index is 508. The molecule has 1 aromatic heterocycles. The molecule has 0 spiro atoms. The van der Waals surface area contributed by atoms with Crippen molar-refractivity contribution < 1.29 is 9.90 Å². The third-order valence-corrected chi connectivity index (χ3v) is 1.96. The normalized spacial score (nSPS) is 10.4. The Morgan fingerprint density at radius 1 is 1.29 bits per heavy atom. The zero-order valence-electron chi connectivity index (χ0n) is 7.56. The fourth-order valence-corrected chi connectivity index (χ4v) is 1.27. The van der Waals surface area contributed by atoms with Gasteiger partial charge in [-0.25, -0.2) is 4.79 Å². The number of benzene rings is 1. The number of aromatic carboxylic acids is 1. The summed E-state index contributed by atoms with van der Waals surface area (Å²) in [7, 11) is 0. The van der Waals surface area contributed by atoms with Crippen LogP contribution in [-0.4, -0.2) is 21.3 Å². The van der Waals surface area contributed by atoms with E-state index in [1.54, 1.807) is 0 Å². The Hall–Kier alpha value is -1.97. The van der Waals surface area contributed by atoms with E-state index in [2.05, 4.69) is 10.2 Å². The number of hydrogen-bond donors (Lipinski definition) is 1. The molecular weight excluding hydrogens is 180 g/mol. The minimum atomic E-state index is -1.05. The van der Waals surface area contributed by atoms with Gasteiger partial charge in [-0.3, -0.25) is 0 Å². The number of aromatic nitrogens is 2. The van der Waals surface area contributed by atoms with Crippen molar-refractivity contribution in [2.24, 2.45) is 0 Å². The van der Waals surface area contributed by atoms with Crippen LogP contribution in [0, 0.1) is 6.92 Å². The molecule has 2 aromatic rings. The summed E-state index contributed by atoms with van der Waals surface area (Å²) in [6.45, 7) is 1.94. The second-order valence-corrected chi connectivity index (χ2v) is 3.10. The third-order valence-electron chi connectivity index (χ3n) is 1.96. The van der Waals surface area contributed by atoms with Crippen LogP contribution in [0.4, 0.5) is 0 Å². The van der Waals surface area contributed by atoms with E-state index in [4.69, 9.17) is 5.11 Å². The fourth-order valence-electron chi connectivity index (χ4n) is 1.27. The lowest BCUT2D eigenvalue weighted by molar-refractivity contribution is 0.0689. The first-order valence-electron chi connectivity index (χ1n) is 4.14. The van der Waals surface area contributed by atoms with Crippen molar-refractivity contribution in [2.75, 3.05) is 0 Å². The summed E-state index contributed by atoms with van der Waals surface area (Å²) in [5.74, 6) is -1.05. The van der Waals surface area contributed by atoms with E-state index < -0.39 is 5.97 Å². The number of nitrogens with zero attached hydrogens (tertiary/aromatic N) is 2. The van der Waals surface area contributed by atoms with Gasteiger partial charge in [0.1, 0.15) is 0 Å². The minimum absolute atomic E-state index is 0.0249. The van der Waals surface area contributed by atoms with Crippen LogP contribution in [0.25, 0.3) is 10.9 Å². The lowest BCUT2D eigenvalue weighted by Gasteiger charge is -1.98. The topological polar surface area (TPSA) is 63.1 Å². The Balaban J connectivity index is 2.69. The van der Waals surface area contributed by atoms with Crippen LogP contribution >= 0.6 is 0 Å². The molecule has 14 heavy (non-hydrogen) atoms. The number of carboxylic acids is 1. The minimum Gasteiger partial charge on any atom is -0.476 e. The zero-order valence-corrected chi connectivity index (χ0v) is 7.56. The van der Waals surface area contributed by atoms with E-state index in [1.807, 2.05) is 25.1 Å². The number of aryl methyl sites for hydroxylation is 1. The molecule has 4 heteroatoms. The van der Waals surface area contributed by atoms with Crippen LogP contribution in [0.3, 0.4) is 0 Å². The van der Waals surface area contributed by atoms with E-state index in [9.17, 15) is 4.79 Å². The Morgan fingerprint density at radius 2 is 2.07 bits per heavy atom. The Labute approximate surface area is 80.2 Å². The standard InChI is InChI=1S/C10H8N2O2/c1-6-2-3-8-7(4-6)5-9(10(13)14)12-11-8/h2-5H,1H3,(H,13,14). The van der Waals surface area contributed by atoms with Gasteiger partial charge in [0.15, 0.2) is 5.69 Å². The number of carbonyl (C=O) groups is 1. The molecule has 0 aliphatic carbocycles. The largest absolute Gasteiger partial charge is 0.476 e. The lowest BCUT2D eigenvalue weighted by atomic mass is 10.1. The van der Waals surface area contributed by atoms with E-state index in [0.29, 0.717) is 5.52 Å². The summed E-state index contributed by atoms with van der Waals surface area (Å²) in [6.07, 6.45) is 0. The van der Waals surface area contributed by atoms with Gasteiger partial charge in [0.25, 0.3) is 0 Å². The fraction of sp³-hybridized carbons (Fsp3) is 0.100. The molecule has 0 saturated carbocycles. The monoisotopic (exact) mass is 188 g/mol. The summed E-state index contributed by atoms with van der Waals surface area (Å²) in [5.41, 5.74) is 1.76. The molecule has 0 unspecified atom stereocenters. The second-order valence-electron chi connectivity index (χ2n) is 3.10. The van der Waals surface area contributed by atoms with E-state index >= 15 is 0 Å². The average Bonchev–Trinajstić information content (AvgIpc) is 2.16. The maximum atomic E-state index is 10.6. The molecule has 70 valence electrons. The van der Waals surface area contributed by atoms with Crippen LogP contribution in [0.1, 0.15) is 16.1 Å². The summed E-state index contributed by atoms with van der Waals surface area (Å²) < 4.78 is 0. The molecule has 0 aliphatic rings. The molecular formula is C10H8N2O2. The second kappa shape index (κ2) is 3.06. The van der Waals surface area contributed by atoms with Gasteiger partial charge in [-0.05, 0) is 25.1 Å². The molecule has 2 rings (SSSR count). The summed E-state index contributed by atoms with van der Waals surface area (Å²) in [6, 6.07) is 7.15. The van der Waals surface area contributed by atoms with Crippen molar-refractivity contribution in [1.29, 1.82) is 0 Å². The van der Waals surface area contributed by atoms with Crippen LogP contribution in [-0.2, 0) is 0 Å². The average molecular weight is 188 g/mol. The van der Waals surface area contributed by atoms with Crippen molar-refractivity contribution in [3.8, 4) is 0 Å². The van der Waals surface area contributed by atoms with Crippen molar-refractivity contribution in [2.45, 2.75) is 6.92 Å². The highest BCUT2D eigenvalue weighted by molar-refractivity contribution is 5.90. The van der Waals surface area contributed by atoms with Crippen molar-refractivity contribution in [3.05, 3.63) is 35.5 Å². The lowest BCUT2D eigenvalue weighted by Crippen LogP contribution is -2.01. The smallest absolute Gasteiger partial charge is 0.356 e. The number of hydrogen-bond acceptors (Lipinski definition) is 3. The quantitative estimate of drug-likeness (QED) is 0.738. The molecule has 4 nitrogen and oxygen atoms in total. The molecule has 0 amide bonds. The van der Waals surface area contributed by atoms with Crippen LogP contribution < -0.4 is 0 Å². The highest BCUT2D eigenvalue weighted by Crippen LogP contribution is 2.13. The maximum Gasteiger partial charge on any atom is 0.356 e. The molecule has 0 radical (unpaired) electrons. The van der Waals surface area contributed by atoms with Crippen molar-refractivity contribution in [3.63, 3.8) is 0 Å². The van der Waals surface area contributed by atoms with Crippen LogP contribution in [0.5, 0.6) is 0 Å². The summed E-state index contributed by atoms with van der Waals surface area (Å²) in [4.78, 5) is 10.6. The highest BCUT2D eigenvalue weighted by Gasteiger charge is 2.06. The summed E-state index contributed by atoms with van der Waals surface area (Å²) >= 11 is 0. The molecule has 1 N–H and O–H groups in total. The van der Waals surface area contributed by atoms with Crippen LogP contribution in [0.15, 0.2) is 24.3 Å². The van der Waals surface area contributed by atoms with Crippen molar-refractivity contribution in [1.82, 2.24) is 10.2 Å². The van der Waals surface area contributed by atoms with Gasteiger partial charge < -0.3 is 5.11 Å². The third kappa shape index (κ3) is 1.42. The molecule has 0 aliphatic heterocycles. The first-order chi connectivity index (χ1) is 6.66. The molecule has 1 aromatic carbocycles. The Morgan fingerprint density at radius 3 is 2.79 bits per heavy atom. The van der Waals surface area contributed by atoms with Gasteiger partial charge in [0.2, 0.25) is 0 Å². The van der Waals surface area contributed by atoms with Gasteiger partial charge in [0.05, 0.1) is 5.52 Å². The Kier molecular flexibility index (Phi) is 1.89. The van der Waals surface area contributed by atoms with Gasteiger partial charge >= 0.3 is 5.97 Å². The predicted octanol–water partition coefficient (Wildman–Crippen LogP) is 1.64. The van der Waals surface area contributed by atoms with Crippen molar-refractivity contribution >= 4 is 16.9 Å². The molecule has 0 atom stereocenters. The number of fused-ring (bicyclic) bond motifs is 1. The van der Waals surface area contributed by atoms with Gasteiger partial charge in [-0.2, -0.15) is 0 Å². The van der Waals surface area contributed by atoms with Gasteiger partial charge in [0, 0.05) is 5.39 Å². The first-order valence-corrected chi connectivity index (χ1v) is 4.14. The van der Waals surface area contributed by atoms with Gasteiger partial charge in [-0.15, -0.1) is 10.2 Å². The SMILES string of the molecule is Cc1ccc2nnc(C(=O)O)cc2c1. The first kappa shape index (κ1) is 8.62. The molecule has 0 saturated heterocycles. The molecule has 0 bridgehead atoms. The molecule has 1 heterocycles. The van der Waals surface area contributed by atoms with E-state index in [-0.39, 0.29) is 5.69 Å². The van der Waals surface area contributed by atoms with E-state index in [1.165, 1.54) is 6.07 Å². The van der Waals surface area contributed by atoms with Gasteiger partial charge in [-0.1, -0.05) is 11.6 Å². The zero-order chi connectivity index (χ0) is 10.1. The van der Waals surface area contributed by atoms with Crippen LogP contribution in [0.2, 0.25) is 0 Å². The summed E-state index contributed by atoms with van der Waals surface area (Å²) in [5, 5.41) is 16.9. The maximum absolute atomic E-state index is 10.6. The number of rotatable bonds is 1. The highest BCUT2D eigenvalue weighted by atomic mass is 16.4. The number of carboxylic acid groups (broad SMARTS) is 1. The van der Waals surface area contributed by atoms with E-state index in [0.717, 1.165) is 10.9 Å². The predicted molar refractivity (Wildman–Crippen MR) is 51.2 cm³/mol. The molecule has 0 fully saturated rings.